The van der Waals surface area contributed by atoms with Gasteiger partial charge in [-0.25, -0.2) is 9.37 Å². The Balaban J connectivity index is 1.79. The SMILES string of the molecule is Oc1c(-c2ccccc2)c(-c2ccccc2)nc2ccc(-c3ccc(F)cc3)cc12. The second-order valence-corrected chi connectivity index (χ2v) is 7.15. The molecule has 0 fully saturated rings. The Morgan fingerprint density at radius 3 is 1.87 bits per heavy atom. The van der Waals surface area contributed by atoms with Gasteiger partial charge in [-0.3, -0.25) is 0 Å². The Hall–Kier alpha value is -3.98. The van der Waals surface area contributed by atoms with Gasteiger partial charge in [-0.05, 0) is 41.0 Å². The molecule has 1 heterocycles. The largest absolute Gasteiger partial charge is 0.507 e. The van der Waals surface area contributed by atoms with E-state index >= 15 is 0 Å². The summed E-state index contributed by atoms with van der Waals surface area (Å²) in [5.74, 6) is -0.0862. The molecule has 2 nitrogen and oxygen atoms in total. The highest BCUT2D eigenvalue weighted by molar-refractivity contribution is 6.00. The molecule has 0 atom stereocenters. The van der Waals surface area contributed by atoms with Crippen LogP contribution in [0.15, 0.2) is 103 Å². The zero-order valence-electron chi connectivity index (χ0n) is 16.1. The molecule has 0 aliphatic carbocycles. The summed E-state index contributed by atoms with van der Waals surface area (Å²) in [5.41, 5.74) is 5.76. The molecule has 4 aromatic carbocycles. The van der Waals surface area contributed by atoms with Crippen LogP contribution in [0, 0.1) is 5.82 Å². The number of nitrogens with zero attached hydrogens (tertiary/aromatic N) is 1. The minimum absolute atomic E-state index is 0.189. The number of aromatic hydroxyl groups is 1. The normalized spacial score (nSPS) is 11.0. The average Bonchev–Trinajstić information content (AvgIpc) is 2.80. The van der Waals surface area contributed by atoms with E-state index in [4.69, 9.17) is 4.98 Å². The van der Waals surface area contributed by atoms with Gasteiger partial charge in [0.05, 0.1) is 16.8 Å². The Morgan fingerprint density at radius 1 is 0.600 bits per heavy atom. The first-order valence-corrected chi connectivity index (χ1v) is 9.74. The number of rotatable bonds is 3. The third-order valence-electron chi connectivity index (χ3n) is 5.24. The van der Waals surface area contributed by atoms with Crippen LogP contribution in [0.4, 0.5) is 4.39 Å². The highest BCUT2D eigenvalue weighted by Crippen LogP contribution is 2.42. The molecule has 144 valence electrons. The quantitative estimate of drug-likeness (QED) is 0.356. The van der Waals surface area contributed by atoms with Crippen LogP contribution >= 0.6 is 0 Å². The molecular weight excluding hydrogens is 373 g/mol. The molecule has 0 aliphatic heterocycles. The maximum atomic E-state index is 13.3. The number of benzene rings is 4. The summed E-state index contributed by atoms with van der Waals surface area (Å²) < 4.78 is 13.3. The van der Waals surface area contributed by atoms with Crippen LogP contribution in [0.5, 0.6) is 5.75 Å². The fraction of sp³-hybridized carbons (Fsp3) is 0. The van der Waals surface area contributed by atoms with Crippen molar-refractivity contribution in [3.63, 3.8) is 0 Å². The number of fused-ring (bicyclic) bond motifs is 1. The van der Waals surface area contributed by atoms with Gasteiger partial charge in [0.25, 0.3) is 0 Å². The predicted molar refractivity (Wildman–Crippen MR) is 120 cm³/mol. The third kappa shape index (κ3) is 3.20. The minimum Gasteiger partial charge on any atom is -0.507 e. The van der Waals surface area contributed by atoms with E-state index in [1.54, 1.807) is 12.1 Å². The number of aromatic nitrogens is 1. The molecule has 5 aromatic rings. The van der Waals surface area contributed by atoms with Crippen molar-refractivity contribution in [1.82, 2.24) is 4.98 Å². The predicted octanol–water partition coefficient (Wildman–Crippen LogP) is 7.08. The van der Waals surface area contributed by atoms with Gasteiger partial charge in [-0.2, -0.15) is 0 Å². The minimum atomic E-state index is -0.275. The lowest BCUT2D eigenvalue weighted by Crippen LogP contribution is -1.93. The summed E-state index contributed by atoms with van der Waals surface area (Å²) >= 11 is 0. The smallest absolute Gasteiger partial charge is 0.135 e. The van der Waals surface area contributed by atoms with E-state index in [1.165, 1.54) is 12.1 Å². The summed E-state index contributed by atoms with van der Waals surface area (Å²) in [6.07, 6.45) is 0. The molecule has 0 unspecified atom stereocenters. The summed E-state index contributed by atoms with van der Waals surface area (Å²) in [5, 5.41) is 12.0. The number of hydrogen-bond acceptors (Lipinski definition) is 2. The molecule has 3 heteroatoms. The molecular formula is C27H18FNO. The van der Waals surface area contributed by atoms with Gasteiger partial charge in [-0.1, -0.05) is 78.9 Å². The average molecular weight is 391 g/mol. The first-order valence-electron chi connectivity index (χ1n) is 9.74. The summed E-state index contributed by atoms with van der Waals surface area (Å²) in [6, 6.07) is 31.7. The van der Waals surface area contributed by atoms with Crippen molar-refractivity contribution in [3.8, 4) is 39.3 Å². The van der Waals surface area contributed by atoms with Gasteiger partial charge in [0.2, 0.25) is 0 Å². The number of pyridine rings is 1. The summed E-state index contributed by atoms with van der Waals surface area (Å²) in [7, 11) is 0. The van der Waals surface area contributed by atoms with E-state index in [1.807, 2.05) is 78.9 Å². The highest BCUT2D eigenvalue weighted by Gasteiger charge is 2.18. The second-order valence-electron chi connectivity index (χ2n) is 7.15. The molecule has 0 saturated carbocycles. The van der Waals surface area contributed by atoms with E-state index in [2.05, 4.69) is 0 Å². The molecule has 0 radical (unpaired) electrons. The zero-order valence-corrected chi connectivity index (χ0v) is 16.1. The molecule has 0 aliphatic rings. The standard InChI is InChI=1S/C27H18FNO/c28-22-14-11-18(12-15-22)21-13-16-24-23(17-21)27(30)25(19-7-3-1-4-8-19)26(29-24)20-9-5-2-6-10-20/h1-17H,(H,29,30). The maximum Gasteiger partial charge on any atom is 0.135 e. The zero-order chi connectivity index (χ0) is 20.5. The number of halogens is 1. The Kier molecular flexibility index (Phi) is 4.49. The molecule has 0 amide bonds. The van der Waals surface area contributed by atoms with Crippen LogP contribution in [0.3, 0.4) is 0 Å². The van der Waals surface area contributed by atoms with E-state index < -0.39 is 0 Å². The molecule has 0 spiro atoms. The van der Waals surface area contributed by atoms with Crippen LogP contribution < -0.4 is 0 Å². The van der Waals surface area contributed by atoms with Gasteiger partial charge < -0.3 is 5.11 Å². The van der Waals surface area contributed by atoms with Crippen LogP contribution in [0.1, 0.15) is 0 Å². The van der Waals surface area contributed by atoms with Crippen molar-refractivity contribution < 1.29 is 9.50 Å². The molecule has 0 bridgehead atoms. The van der Waals surface area contributed by atoms with Crippen molar-refractivity contribution in [2.75, 3.05) is 0 Å². The third-order valence-corrected chi connectivity index (χ3v) is 5.24. The van der Waals surface area contributed by atoms with Gasteiger partial charge >= 0.3 is 0 Å². The van der Waals surface area contributed by atoms with Gasteiger partial charge in [0.15, 0.2) is 0 Å². The van der Waals surface area contributed by atoms with Crippen molar-refractivity contribution in [2.45, 2.75) is 0 Å². The first kappa shape index (κ1) is 18.1. The van der Waals surface area contributed by atoms with E-state index in [0.717, 1.165) is 27.9 Å². The van der Waals surface area contributed by atoms with Crippen LogP contribution in [-0.4, -0.2) is 10.1 Å². The van der Waals surface area contributed by atoms with Crippen molar-refractivity contribution >= 4 is 10.9 Å². The lowest BCUT2D eigenvalue weighted by atomic mass is 9.95. The molecule has 30 heavy (non-hydrogen) atoms. The van der Waals surface area contributed by atoms with E-state index in [9.17, 15) is 9.50 Å². The monoisotopic (exact) mass is 391 g/mol. The Labute approximate surface area is 173 Å². The van der Waals surface area contributed by atoms with Crippen molar-refractivity contribution in [1.29, 1.82) is 0 Å². The molecule has 5 rings (SSSR count). The van der Waals surface area contributed by atoms with E-state index in [-0.39, 0.29) is 11.6 Å². The fourth-order valence-corrected chi connectivity index (χ4v) is 3.75. The summed E-state index contributed by atoms with van der Waals surface area (Å²) in [4.78, 5) is 4.91. The second kappa shape index (κ2) is 7.45. The Morgan fingerprint density at radius 2 is 1.20 bits per heavy atom. The maximum absolute atomic E-state index is 13.3. The van der Waals surface area contributed by atoms with Gasteiger partial charge in [-0.15, -0.1) is 0 Å². The fourth-order valence-electron chi connectivity index (χ4n) is 3.75. The first-order chi connectivity index (χ1) is 14.7. The Bertz CT molecular complexity index is 1330. The topological polar surface area (TPSA) is 33.1 Å². The molecule has 1 N–H and O–H groups in total. The van der Waals surface area contributed by atoms with Gasteiger partial charge in [0, 0.05) is 10.9 Å². The van der Waals surface area contributed by atoms with Crippen LogP contribution in [0.2, 0.25) is 0 Å². The van der Waals surface area contributed by atoms with Crippen LogP contribution in [0.25, 0.3) is 44.4 Å². The van der Waals surface area contributed by atoms with Crippen LogP contribution in [-0.2, 0) is 0 Å². The number of hydrogen-bond donors (Lipinski definition) is 1. The lowest BCUT2D eigenvalue weighted by Gasteiger charge is -2.15. The molecule has 0 saturated heterocycles. The lowest BCUT2D eigenvalue weighted by molar-refractivity contribution is 0.483. The van der Waals surface area contributed by atoms with Gasteiger partial charge in [0.1, 0.15) is 11.6 Å². The molecule has 1 aromatic heterocycles. The van der Waals surface area contributed by atoms with E-state index in [0.29, 0.717) is 16.5 Å². The summed E-state index contributed by atoms with van der Waals surface area (Å²) in [6.45, 7) is 0. The van der Waals surface area contributed by atoms with Crippen molar-refractivity contribution in [3.05, 3.63) is 109 Å². The highest BCUT2D eigenvalue weighted by atomic mass is 19.1. The van der Waals surface area contributed by atoms with Crippen molar-refractivity contribution in [2.24, 2.45) is 0 Å².